The molecule has 1 aromatic rings. The Bertz CT molecular complexity index is 569. The molecule has 0 aromatic heterocycles. The van der Waals surface area contributed by atoms with E-state index in [1.807, 2.05) is 18.2 Å². The van der Waals surface area contributed by atoms with E-state index in [1.165, 1.54) is 37.7 Å². The Morgan fingerprint density at radius 3 is 2.88 bits per heavy atom. The van der Waals surface area contributed by atoms with E-state index in [4.69, 9.17) is 10.5 Å². The van der Waals surface area contributed by atoms with Crippen LogP contribution in [0.1, 0.15) is 56.6 Å². The van der Waals surface area contributed by atoms with Crippen molar-refractivity contribution in [1.29, 1.82) is 0 Å². The summed E-state index contributed by atoms with van der Waals surface area (Å²) in [6, 6.07) is 9.11. The fourth-order valence-corrected chi connectivity index (χ4v) is 3.94. The van der Waals surface area contributed by atoms with E-state index in [1.54, 1.807) is 0 Å². The Morgan fingerprint density at radius 1 is 1.24 bits per heavy atom. The lowest BCUT2D eigenvalue weighted by molar-refractivity contribution is 0.191. The monoisotopic (exact) mass is 344 g/mol. The Balaban J connectivity index is 1.42. The van der Waals surface area contributed by atoms with Gasteiger partial charge in [0.25, 0.3) is 0 Å². The van der Waals surface area contributed by atoms with Crippen molar-refractivity contribution in [2.45, 2.75) is 57.0 Å². The zero-order valence-electron chi connectivity index (χ0n) is 15.4. The van der Waals surface area contributed by atoms with Crippen LogP contribution in [0.5, 0.6) is 5.75 Å². The molecular weight excluding hydrogens is 312 g/mol. The van der Waals surface area contributed by atoms with Gasteiger partial charge in [-0.1, -0.05) is 37.5 Å². The molecule has 5 nitrogen and oxygen atoms in total. The van der Waals surface area contributed by atoms with Gasteiger partial charge in [0.2, 0.25) is 0 Å². The Morgan fingerprint density at radius 2 is 2.04 bits per heavy atom. The minimum absolute atomic E-state index is 0.193. The number of guanidine groups is 1. The SMILES string of the molecule is CN(CCCN=C(N)NC1CCOc2ccccc21)C1CCCCC1. The van der Waals surface area contributed by atoms with E-state index < -0.39 is 0 Å². The van der Waals surface area contributed by atoms with Gasteiger partial charge in [-0.15, -0.1) is 0 Å². The van der Waals surface area contributed by atoms with Gasteiger partial charge in [0.15, 0.2) is 5.96 Å². The predicted octanol–water partition coefficient (Wildman–Crippen LogP) is 3.07. The molecule has 3 rings (SSSR count). The molecule has 0 bridgehead atoms. The molecule has 1 saturated carbocycles. The second-order valence-electron chi connectivity index (χ2n) is 7.26. The molecule has 5 heteroatoms. The number of aliphatic imine (C=N–C) groups is 1. The lowest BCUT2D eigenvalue weighted by Gasteiger charge is -2.31. The summed E-state index contributed by atoms with van der Waals surface area (Å²) in [6.07, 6.45) is 8.86. The van der Waals surface area contributed by atoms with Gasteiger partial charge in [-0.3, -0.25) is 4.99 Å². The minimum Gasteiger partial charge on any atom is -0.493 e. The molecule has 3 N–H and O–H groups in total. The fourth-order valence-electron chi connectivity index (χ4n) is 3.94. The van der Waals surface area contributed by atoms with Crippen molar-refractivity contribution >= 4 is 5.96 Å². The van der Waals surface area contributed by atoms with Crippen molar-refractivity contribution in [2.75, 3.05) is 26.7 Å². The van der Waals surface area contributed by atoms with Crippen molar-refractivity contribution in [1.82, 2.24) is 10.2 Å². The van der Waals surface area contributed by atoms with Crippen molar-refractivity contribution < 1.29 is 4.74 Å². The summed E-state index contributed by atoms with van der Waals surface area (Å²) in [5.41, 5.74) is 7.28. The van der Waals surface area contributed by atoms with Gasteiger partial charge in [-0.2, -0.15) is 0 Å². The fraction of sp³-hybridized carbons (Fsp3) is 0.650. The average molecular weight is 345 g/mol. The number of hydrogen-bond donors (Lipinski definition) is 2. The van der Waals surface area contributed by atoms with E-state index >= 15 is 0 Å². The van der Waals surface area contributed by atoms with Gasteiger partial charge in [-0.05, 0) is 38.9 Å². The van der Waals surface area contributed by atoms with Crippen molar-refractivity contribution in [2.24, 2.45) is 10.7 Å². The number of nitrogens with zero attached hydrogens (tertiary/aromatic N) is 2. The van der Waals surface area contributed by atoms with Crippen LogP contribution in [0.3, 0.4) is 0 Å². The summed E-state index contributed by atoms with van der Waals surface area (Å²) in [5, 5.41) is 3.36. The second-order valence-corrected chi connectivity index (χ2v) is 7.26. The van der Waals surface area contributed by atoms with Crippen LogP contribution in [0.4, 0.5) is 0 Å². The van der Waals surface area contributed by atoms with Gasteiger partial charge in [-0.25, -0.2) is 0 Å². The van der Waals surface area contributed by atoms with Gasteiger partial charge in [0.1, 0.15) is 5.75 Å². The second kappa shape index (κ2) is 9.09. The zero-order chi connectivity index (χ0) is 17.5. The van der Waals surface area contributed by atoms with Crippen LogP contribution in [-0.2, 0) is 0 Å². The van der Waals surface area contributed by atoms with Crippen molar-refractivity contribution in [3.63, 3.8) is 0 Å². The summed E-state index contributed by atoms with van der Waals surface area (Å²) in [7, 11) is 2.25. The zero-order valence-corrected chi connectivity index (χ0v) is 15.4. The third kappa shape index (κ3) is 5.11. The maximum atomic E-state index is 6.11. The smallest absolute Gasteiger partial charge is 0.189 e. The van der Waals surface area contributed by atoms with Gasteiger partial charge in [0.05, 0.1) is 12.6 Å². The highest BCUT2D eigenvalue weighted by Gasteiger charge is 2.21. The van der Waals surface area contributed by atoms with Crippen molar-refractivity contribution in [3.05, 3.63) is 29.8 Å². The number of para-hydroxylation sites is 1. The first-order valence-corrected chi connectivity index (χ1v) is 9.72. The minimum atomic E-state index is 0.193. The van der Waals surface area contributed by atoms with Gasteiger partial charge >= 0.3 is 0 Å². The molecule has 1 aliphatic carbocycles. The normalized spacial score (nSPS) is 21.7. The highest BCUT2D eigenvalue weighted by molar-refractivity contribution is 5.78. The van der Waals surface area contributed by atoms with Crippen LogP contribution < -0.4 is 15.8 Å². The first-order chi connectivity index (χ1) is 12.2. The molecule has 1 unspecified atom stereocenters. The third-order valence-corrected chi connectivity index (χ3v) is 5.43. The largest absolute Gasteiger partial charge is 0.493 e. The molecule has 0 spiro atoms. The van der Waals surface area contributed by atoms with Crippen LogP contribution in [-0.4, -0.2) is 43.6 Å². The molecule has 1 aliphatic heterocycles. The molecule has 25 heavy (non-hydrogen) atoms. The summed E-state index contributed by atoms with van der Waals surface area (Å²) in [4.78, 5) is 7.03. The van der Waals surface area contributed by atoms with Gasteiger partial charge < -0.3 is 20.7 Å². The van der Waals surface area contributed by atoms with E-state index in [0.29, 0.717) is 12.6 Å². The Labute approximate surface area is 151 Å². The number of benzene rings is 1. The molecule has 1 fully saturated rings. The topological polar surface area (TPSA) is 62.9 Å². The molecule has 1 heterocycles. The maximum Gasteiger partial charge on any atom is 0.189 e. The highest BCUT2D eigenvalue weighted by atomic mass is 16.5. The number of ether oxygens (including phenoxy) is 1. The molecule has 2 aliphatic rings. The van der Waals surface area contributed by atoms with E-state index in [0.717, 1.165) is 37.7 Å². The summed E-state index contributed by atoms with van der Waals surface area (Å²) in [5.74, 6) is 1.50. The van der Waals surface area contributed by atoms with Crippen LogP contribution >= 0.6 is 0 Å². The molecule has 138 valence electrons. The lowest BCUT2D eigenvalue weighted by atomic mass is 9.94. The Kier molecular flexibility index (Phi) is 6.56. The number of nitrogens with one attached hydrogen (secondary N) is 1. The third-order valence-electron chi connectivity index (χ3n) is 5.43. The van der Waals surface area contributed by atoms with Crippen LogP contribution in [0, 0.1) is 0 Å². The molecule has 0 saturated heterocycles. The van der Waals surface area contributed by atoms with Crippen molar-refractivity contribution in [3.8, 4) is 5.75 Å². The maximum absolute atomic E-state index is 6.11. The average Bonchev–Trinajstić information content (AvgIpc) is 2.66. The van der Waals surface area contributed by atoms with Crippen LogP contribution in [0.25, 0.3) is 0 Å². The molecule has 1 atom stereocenters. The number of fused-ring (bicyclic) bond motifs is 1. The molecule has 0 radical (unpaired) electrons. The van der Waals surface area contributed by atoms with E-state index in [9.17, 15) is 0 Å². The number of rotatable bonds is 6. The standard InChI is InChI=1S/C20H32N4O/c1-24(16-8-3-2-4-9-16)14-7-13-22-20(21)23-18-12-15-25-19-11-6-5-10-17(18)19/h5-6,10-11,16,18H,2-4,7-9,12-15H2,1H3,(H3,21,22,23). The molecule has 0 amide bonds. The Hall–Kier alpha value is -1.75. The predicted molar refractivity (Wildman–Crippen MR) is 103 cm³/mol. The quantitative estimate of drug-likeness (QED) is 0.473. The van der Waals surface area contributed by atoms with E-state index in [2.05, 4.69) is 28.3 Å². The molecule has 1 aromatic carbocycles. The number of hydrogen-bond acceptors (Lipinski definition) is 3. The molecular formula is C20H32N4O. The summed E-state index contributed by atoms with van der Waals surface area (Å²) >= 11 is 0. The van der Waals surface area contributed by atoms with Crippen LogP contribution in [0.15, 0.2) is 29.3 Å². The summed E-state index contributed by atoms with van der Waals surface area (Å²) < 4.78 is 5.69. The highest BCUT2D eigenvalue weighted by Crippen LogP contribution is 2.31. The first kappa shape index (κ1) is 18.1. The van der Waals surface area contributed by atoms with Gasteiger partial charge in [0, 0.05) is 24.6 Å². The van der Waals surface area contributed by atoms with Crippen LogP contribution in [0.2, 0.25) is 0 Å². The lowest BCUT2D eigenvalue weighted by Crippen LogP contribution is -2.37. The number of nitrogens with two attached hydrogens (primary N) is 1. The summed E-state index contributed by atoms with van der Waals surface area (Å²) in [6.45, 7) is 2.59. The first-order valence-electron chi connectivity index (χ1n) is 9.72. The van der Waals surface area contributed by atoms with E-state index in [-0.39, 0.29) is 6.04 Å².